The number of halogens is 1. The summed E-state index contributed by atoms with van der Waals surface area (Å²) in [5, 5.41) is 0. The van der Waals surface area contributed by atoms with Gasteiger partial charge in [-0.15, -0.1) is 0 Å². The van der Waals surface area contributed by atoms with Crippen LogP contribution in [0.5, 0.6) is 0 Å². The van der Waals surface area contributed by atoms with Crippen LogP contribution in [-0.4, -0.2) is 47.9 Å². The number of hydrogen-bond acceptors (Lipinski definition) is 3. The Morgan fingerprint density at radius 1 is 1.04 bits per heavy atom. The van der Waals surface area contributed by atoms with E-state index in [1.54, 1.807) is 12.1 Å². The second kappa shape index (κ2) is 5.05. The molecule has 2 heterocycles. The van der Waals surface area contributed by atoms with E-state index in [-0.39, 0.29) is 19.0 Å². The highest BCUT2D eigenvalue weighted by Crippen LogP contribution is 2.36. The normalized spacial score (nSPS) is 24.4. The molecule has 2 aliphatic heterocycles. The third-order valence-electron chi connectivity index (χ3n) is 5.01. The maximum Gasteiger partial charge on any atom is 0.494 e. The van der Waals surface area contributed by atoms with Gasteiger partial charge in [-0.25, -0.2) is 4.39 Å². The van der Waals surface area contributed by atoms with E-state index >= 15 is 0 Å². The Morgan fingerprint density at radius 3 is 1.96 bits per heavy atom. The summed E-state index contributed by atoms with van der Waals surface area (Å²) in [5.74, 6) is -0.138. The third-order valence-corrected chi connectivity index (χ3v) is 5.01. The number of nitrogens with zero attached hydrogens (tertiary/aromatic N) is 1. The monoisotopic (exact) mass is 319 g/mol. The molecule has 0 N–H and O–H groups in total. The zero-order valence-corrected chi connectivity index (χ0v) is 14.4. The van der Waals surface area contributed by atoms with Crippen molar-refractivity contribution in [3.63, 3.8) is 0 Å². The van der Waals surface area contributed by atoms with E-state index in [0.717, 1.165) is 5.46 Å². The first-order valence-electron chi connectivity index (χ1n) is 7.95. The summed E-state index contributed by atoms with van der Waals surface area (Å²) in [4.78, 5) is 13.8. The molecule has 4 nitrogen and oxygen atoms in total. The number of hydrogen-bond donors (Lipinski definition) is 0. The number of amides is 1. The molecule has 1 aromatic rings. The Kier molecular flexibility index (Phi) is 3.61. The van der Waals surface area contributed by atoms with Crippen molar-refractivity contribution < 1.29 is 18.5 Å². The maximum absolute atomic E-state index is 13.5. The molecule has 2 aliphatic rings. The van der Waals surface area contributed by atoms with Crippen LogP contribution in [0.3, 0.4) is 0 Å². The molecule has 0 aromatic heterocycles. The second-order valence-electron chi connectivity index (χ2n) is 7.78. The van der Waals surface area contributed by atoms with Crippen LogP contribution in [-0.2, 0) is 9.31 Å². The maximum atomic E-state index is 13.5. The molecule has 1 amide bonds. The van der Waals surface area contributed by atoms with Gasteiger partial charge < -0.3 is 14.2 Å². The van der Waals surface area contributed by atoms with Crippen LogP contribution in [0.2, 0.25) is 0 Å². The summed E-state index contributed by atoms with van der Waals surface area (Å²) in [6, 6.07) is 7.17. The fourth-order valence-corrected chi connectivity index (χ4v) is 2.84. The summed E-state index contributed by atoms with van der Waals surface area (Å²) in [6.45, 7) is 9.84. The number of carbonyl (C=O) groups is 1. The third kappa shape index (κ3) is 2.90. The highest BCUT2D eigenvalue weighted by atomic mass is 19.1. The zero-order valence-electron chi connectivity index (χ0n) is 14.4. The van der Waals surface area contributed by atoms with Gasteiger partial charge in [0.05, 0.1) is 24.3 Å². The summed E-state index contributed by atoms with van der Waals surface area (Å²) < 4.78 is 25.5. The van der Waals surface area contributed by atoms with E-state index in [9.17, 15) is 9.18 Å². The van der Waals surface area contributed by atoms with Gasteiger partial charge in [0.2, 0.25) is 0 Å². The number of rotatable bonds is 2. The fourth-order valence-electron chi connectivity index (χ4n) is 2.84. The van der Waals surface area contributed by atoms with E-state index in [1.807, 2.05) is 39.8 Å². The Bertz CT molecular complexity index is 603. The fraction of sp³-hybridized carbons (Fsp3) is 0.588. The highest BCUT2D eigenvalue weighted by Gasteiger charge is 2.51. The van der Waals surface area contributed by atoms with Gasteiger partial charge in [-0.2, -0.15) is 0 Å². The molecule has 0 atom stereocenters. The molecule has 0 unspecified atom stereocenters. The predicted molar refractivity (Wildman–Crippen MR) is 87.6 cm³/mol. The topological polar surface area (TPSA) is 38.8 Å². The summed E-state index contributed by atoms with van der Waals surface area (Å²) in [6.07, 6.45) is 0. The Morgan fingerprint density at radius 2 is 1.52 bits per heavy atom. The van der Waals surface area contributed by atoms with E-state index in [2.05, 4.69) is 0 Å². The van der Waals surface area contributed by atoms with Crippen molar-refractivity contribution in [3.05, 3.63) is 29.8 Å². The lowest BCUT2D eigenvalue weighted by Crippen LogP contribution is -2.59. The predicted octanol–water partition coefficient (Wildman–Crippen LogP) is 2.17. The van der Waals surface area contributed by atoms with Gasteiger partial charge >= 0.3 is 7.12 Å². The van der Waals surface area contributed by atoms with Gasteiger partial charge in [-0.3, -0.25) is 4.79 Å². The molecule has 124 valence electrons. The van der Waals surface area contributed by atoms with Crippen molar-refractivity contribution in [1.82, 2.24) is 4.90 Å². The molecule has 0 bridgehead atoms. The molecule has 1 aromatic carbocycles. The highest BCUT2D eigenvalue weighted by molar-refractivity contribution is 6.62. The number of alkyl halides is 1. The Hall–Kier alpha value is -1.40. The molecule has 0 aliphatic carbocycles. The minimum Gasteiger partial charge on any atom is -0.399 e. The van der Waals surface area contributed by atoms with E-state index in [1.165, 1.54) is 11.8 Å². The SMILES string of the molecule is CC1(F)CN(C(=O)c2ccc(B3OC(C)(C)C(C)(C)O3)cc2)C1. The average molecular weight is 319 g/mol. The number of benzene rings is 1. The van der Waals surface area contributed by atoms with E-state index in [0.29, 0.717) is 5.56 Å². The van der Waals surface area contributed by atoms with Crippen LogP contribution in [0, 0.1) is 0 Å². The first-order chi connectivity index (χ1) is 10.5. The molecule has 0 spiro atoms. The minimum atomic E-state index is -1.25. The van der Waals surface area contributed by atoms with Gasteiger partial charge in [0.15, 0.2) is 0 Å². The van der Waals surface area contributed by atoms with Crippen LogP contribution in [0.25, 0.3) is 0 Å². The molecular formula is C17H23BFNO3. The second-order valence-corrected chi connectivity index (χ2v) is 7.78. The molecule has 6 heteroatoms. The molecule has 0 radical (unpaired) electrons. The molecule has 3 rings (SSSR count). The number of carbonyl (C=O) groups excluding carboxylic acids is 1. The summed E-state index contributed by atoms with van der Waals surface area (Å²) in [7, 11) is -0.442. The van der Waals surface area contributed by atoms with Crippen molar-refractivity contribution in [1.29, 1.82) is 0 Å². The van der Waals surface area contributed by atoms with Crippen molar-refractivity contribution in [3.8, 4) is 0 Å². The number of likely N-dealkylation sites (tertiary alicyclic amines) is 1. The van der Waals surface area contributed by atoms with Gasteiger partial charge in [0, 0.05) is 5.56 Å². The van der Waals surface area contributed by atoms with E-state index in [4.69, 9.17) is 9.31 Å². The minimum absolute atomic E-state index is 0.138. The molecular weight excluding hydrogens is 296 g/mol. The molecule has 2 fully saturated rings. The van der Waals surface area contributed by atoms with Crippen LogP contribution < -0.4 is 5.46 Å². The van der Waals surface area contributed by atoms with Crippen LogP contribution in [0.1, 0.15) is 45.0 Å². The van der Waals surface area contributed by atoms with Gasteiger partial charge in [0.25, 0.3) is 5.91 Å². The van der Waals surface area contributed by atoms with Crippen molar-refractivity contribution >= 4 is 18.5 Å². The van der Waals surface area contributed by atoms with Crippen molar-refractivity contribution in [2.24, 2.45) is 0 Å². The zero-order chi connectivity index (χ0) is 17.0. The van der Waals surface area contributed by atoms with Gasteiger partial charge in [-0.1, -0.05) is 12.1 Å². The first kappa shape index (κ1) is 16.5. The van der Waals surface area contributed by atoms with Crippen molar-refractivity contribution in [2.75, 3.05) is 13.1 Å². The molecule has 0 saturated carbocycles. The van der Waals surface area contributed by atoms with Crippen LogP contribution in [0.4, 0.5) is 4.39 Å². The Labute approximate surface area is 137 Å². The lowest BCUT2D eigenvalue weighted by molar-refractivity contribution is -0.00785. The quantitative estimate of drug-likeness (QED) is 0.784. The van der Waals surface area contributed by atoms with E-state index < -0.39 is 24.0 Å². The van der Waals surface area contributed by atoms with Crippen molar-refractivity contribution in [2.45, 2.75) is 51.5 Å². The summed E-state index contributed by atoms with van der Waals surface area (Å²) in [5.41, 5.74) is -0.608. The van der Waals surface area contributed by atoms with Gasteiger partial charge in [0.1, 0.15) is 5.67 Å². The van der Waals surface area contributed by atoms with Gasteiger partial charge in [-0.05, 0) is 52.2 Å². The van der Waals surface area contributed by atoms with Crippen LogP contribution in [0.15, 0.2) is 24.3 Å². The smallest absolute Gasteiger partial charge is 0.399 e. The molecule has 2 saturated heterocycles. The molecule has 23 heavy (non-hydrogen) atoms. The lowest BCUT2D eigenvalue weighted by atomic mass is 9.79. The first-order valence-corrected chi connectivity index (χ1v) is 7.95. The van der Waals surface area contributed by atoms with Crippen LogP contribution >= 0.6 is 0 Å². The largest absolute Gasteiger partial charge is 0.494 e. The standard InChI is InChI=1S/C17H23BFNO3/c1-15(2)16(3,4)23-18(22-15)13-8-6-12(7-9-13)14(21)20-10-17(5,19)11-20/h6-9H,10-11H2,1-5H3. The Balaban J connectivity index is 1.70. The lowest BCUT2D eigenvalue weighted by Gasteiger charge is -2.42. The average Bonchev–Trinajstić information content (AvgIpc) is 2.64. The summed E-state index contributed by atoms with van der Waals surface area (Å²) >= 11 is 0.